The molecule has 4 unspecified atom stereocenters. The smallest absolute Gasteiger partial charge is 0.328 e. The molecule has 2 aromatic carbocycles. The first-order chi connectivity index (χ1) is 17.7. The Labute approximate surface area is 213 Å². The number of H-pyrrole nitrogens is 1. The molecule has 37 heavy (non-hydrogen) atoms. The maximum Gasteiger partial charge on any atom is 0.328 e. The molecule has 3 rings (SSSR count). The molecule has 4 atom stereocenters. The van der Waals surface area contributed by atoms with Crippen LogP contribution in [0, 0.1) is 0 Å². The number of rotatable bonds is 12. The molecule has 0 aliphatic heterocycles. The summed E-state index contributed by atoms with van der Waals surface area (Å²) in [6, 6.07) is 11.7. The highest BCUT2D eigenvalue weighted by Gasteiger charge is 2.30. The number of fused-ring (bicyclic) bond motifs is 1. The number of nitrogens with two attached hydrogens (primary N) is 1. The number of carbonyl (C=O) groups is 4. The lowest BCUT2D eigenvalue weighted by Gasteiger charge is -2.25. The van der Waals surface area contributed by atoms with Gasteiger partial charge in [-0.2, -0.15) is 0 Å². The lowest BCUT2D eigenvalue weighted by atomic mass is 10.0. The summed E-state index contributed by atoms with van der Waals surface area (Å²) in [5.74, 6) is -3.40. The van der Waals surface area contributed by atoms with Crippen LogP contribution < -0.4 is 21.7 Å². The highest BCUT2D eigenvalue weighted by atomic mass is 16.4. The van der Waals surface area contributed by atoms with E-state index < -0.39 is 54.5 Å². The zero-order chi connectivity index (χ0) is 26.9. The van der Waals surface area contributed by atoms with Crippen molar-refractivity contribution in [1.29, 1.82) is 0 Å². The third-order valence-corrected chi connectivity index (χ3v) is 5.86. The lowest BCUT2D eigenvalue weighted by molar-refractivity contribution is -0.143. The van der Waals surface area contributed by atoms with Gasteiger partial charge < -0.3 is 36.9 Å². The first kappa shape index (κ1) is 27.4. The summed E-state index contributed by atoms with van der Waals surface area (Å²) in [5, 5.41) is 27.0. The van der Waals surface area contributed by atoms with E-state index in [1.807, 2.05) is 30.3 Å². The van der Waals surface area contributed by atoms with Crippen LogP contribution in [0.25, 0.3) is 10.9 Å². The Morgan fingerprint density at radius 2 is 1.41 bits per heavy atom. The van der Waals surface area contributed by atoms with Crippen molar-refractivity contribution in [3.05, 3.63) is 71.9 Å². The van der Waals surface area contributed by atoms with Crippen LogP contribution in [-0.2, 0) is 32.0 Å². The average Bonchev–Trinajstić information content (AvgIpc) is 3.29. The van der Waals surface area contributed by atoms with E-state index in [0.29, 0.717) is 5.56 Å². The van der Waals surface area contributed by atoms with Crippen molar-refractivity contribution < 1.29 is 29.4 Å². The SMILES string of the molecule is CC(N)C(=O)NC(Cc1ccccc1)C(=O)NC(Cc1c[nH]c2ccccc12)C(=O)NC(CO)C(=O)O. The number of aliphatic hydroxyl groups is 1. The number of carboxylic acids is 1. The molecular formula is C26H31N5O6. The molecule has 196 valence electrons. The summed E-state index contributed by atoms with van der Waals surface area (Å²) in [4.78, 5) is 53.3. The van der Waals surface area contributed by atoms with Gasteiger partial charge in [-0.1, -0.05) is 48.5 Å². The van der Waals surface area contributed by atoms with Gasteiger partial charge in [-0.25, -0.2) is 4.79 Å². The zero-order valence-electron chi connectivity index (χ0n) is 20.3. The van der Waals surface area contributed by atoms with E-state index in [2.05, 4.69) is 20.9 Å². The van der Waals surface area contributed by atoms with Crippen molar-refractivity contribution in [1.82, 2.24) is 20.9 Å². The minimum absolute atomic E-state index is 0.0264. The predicted octanol–water partition coefficient (Wildman–Crippen LogP) is -0.168. The van der Waals surface area contributed by atoms with E-state index in [4.69, 9.17) is 5.73 Å². The van der Waals surface area contributed by atoms with Gasteiger partial charge in [0, 0.05) is 29.9 Å². The second-order valence-corrected chi connectivity index (χ2v) is 8.75. The first-order valence-corrected chi connectivity index (χ1v) is 11.8. The molecule has 0 saturated heterocycles. The fourth-order valence-corrected chi connectivity index (χ4v) is 3.82. The molecule has 11 heteroatoms. The Bertz CT molecular complexity index is 1240. The number of hydrogen-bond donors (Lipinski definition) is 7. The van der Waals surface area contributed by atoms with Gasteiger partial charge in [0.15, 0.2) is 0 Å². The Morgan fingerprint density at radius 1 is 0.838 bits per heavy atom. The van der Waals surface area contributed by atoms with Crippen LogP contribution in [0.5, 0.6) is 0 Å². The topological polar surface area (TPSA) is 187 Å². The molecule has 8 N–H and O–H groups in total. The third kappa shape index (κ3) is 7.38. The number of carboxylic acid groups (broad SMARTS) is 1. The molecule has 1 aromatic heterocycles. The van der Waals surface area contributed by atoms with Crippen molar-refractivity contribution in [2.45, 2.75) is 43.9 Å². The van der Waals surface area contributed by atoms with E-state index in [1.54, 1.807) is 30.5 Å². The number of aromatic nitrogens is 1. The average molecular weight is 510 g/mol. The summed E-state index contributed by atoms with van der Waals surface area (Å²) in [6.45, 7) is 0.664. The van der Waals surface area contributed by atoms with Crippen molar-refractivity contribution in [3.8, 4) is 0 Å². The van der Waals surface area contributed by atoms with Gasteiger partial charge in [0.1, 0.15) is 18.1 Å². The number of nitrogens with one attached hydrogen (secondary N) is 4. The van der Waals surface area contributed by atoms with E-state index >= 15 is 0 Å². The number of aliphatic hydroxyl groups excluding tert-OH is 1. The predicted molar refractivity (Wildman–Crippen MR) is 136 cm³/mol. The van der Waals surface area contributed by atoms with Crippen molar-refractivity contribution in [2.75, 3.05) is 6.61 Å². The molecule has 0 bridgehead atoms. The van der Waals surface area contributed by atoms with Crippen LogP contribution in [-0.4, -0.2) is 69.7 Å². The molecule has 0 fully saturated rings. The Kier molecular flexibility index (Phi) is 9.36. The van der Waals surface area contributed by atoms with Crippen LogP contribution >= 0.6 is 0 Å². The molecule has 0 aliphatic carbocycles. The van der Waals surface area contributed by atoms with Gasteiger partial charge in [-0.05, 0) is 24.1 Å². The lowest BCUT2D eigenvalue weighted by Crippen LogP contribution is -2.58. The molecule has 1 heterocycles. The van der Waals surface area contributed by atoms with E-state index in [0.717, 1.165) is 16.5 Å². The molecule has 3 aromatic rings. The molecular weight excluding hydrogens is 478 g/mol. The van der Waals surface area contributed by atoms with Gasteiger partial charge in [0.25, 0.3) is 0 Å². The maximum absolute atomic E-state index is 13.4. The Hall–Kier alpha value is -4.22. The van der Waals surface area contributed by atoms with Gasteiger partial charge in [-0.15, -0.1) is 0 Å². The fraction of sp³-hybridized carbons (Fsp3) is 0.308. The summed E-state index contributed by atoms with van der Waals surface area (Å²) < 4.78 is 0. The monoisotopic (exact) mass is 509 g/mol. The fourth-order valence-electron chi connectivity index (χ4n) is 3.82. The molecule has 0 radical (unpaired) electrons. The Morgan fingerprint density at radius 3 is 2.03 bits per heavy atom. The Balaban J connectivity index is 1.88. The van der Waals surface area contributed by atoms with Crippen LogP contribution in [0.4, 0.5) is 0 Å². The zero-order valence-corrected chi connectivity index (χ0v) is 20.3. The van der Waals surface area contributed by atoms with E-state index in [1.165, 1.54) is 6.92 Å². The van der Waals surface area contributed by atoms with Crippen molar-refractivity contribution in [3.63, 3.8) is 0 Å². The number of amides is 3. The summed E-state index contributed by atoms with van der Waals surface area (Å²) in [6.07, 6.45) is 1.87. The second kappa shape index (κ2) is 12.7. The number of aliphatic carboxylic acids is 1. The van der Waals surface area contributed by atoms with Crippen LogP contribution in [0.15, 0.2) is 60.8 Å². The number of hydrogen-bond acceptors (Lipinski definition) is 6. The number of carbonyl (C=O) groups excluding carboxylic acids is 3. The van der Waals surface area contributed by atoms with Crippen LogP contribution in [0.3, 0.4) is 0 Å². The van der Waals surface area contributed by atoms with Crippen molar-refractivity contribution in [2.24, 2.45) is 5.73 Å². The molecule has 0 aliphatic rings. The number of para-hydroxylation sites is 1. The number of aromatic amines is 1. The molecule has 0 spiro atoms. The highest BCUT2D eigenvalue weighted by Crippen LogP contribution is 2.19. The van der Waals surface area contributed by atoms with Crippen molar-refractivity contribution >= 4 is 34.6 Å². The van der Waals surface area contributed by atoms with Crippen LogP contribution in [0.1, 0.15) is 18.1 Å². The van der Waals surface area contributed by atoms with E-state index in [-0.39, 0.29) is 12.8 Å². The third-order valence-electron chi connectivity index (χ3n) is 5.86. The standard InChI is InChI=1S/C26H31N5O6/c1-15(27)23(33)29-20(11-16-7-3-2-4-8-16)24(34)30-21(25(35)31-22(14-32)26(36)37)12-17-13-28-19-10-6-5-9-18(17)19/h2-10,13,15,20-22,28,32H,11-12,14,27H2,1H3,(H,29,33)(H,30,34)(H,31,35)(H,36,37). The minimum Gasteiger partial charge on any atom is -0.480 e. The summed E-state index contributed by atoms with van der Waals surface area (Å²) >= 11 is 0. The minimum atomic E-state index is -1.55. The van der Waals surface area contributed by atoms with Crippen LogP contribution in [0.2, 0.25) is 0 Å². The molecule has 3 amide bonds. The normalized spacial score (nSPS) is 14.2. The quantitative estimate of drug-likeness (QED) is 0.177. The van der Waals surface area contributed by atoms with Gasteiger partial charge in [0.05, 0.1) is 12.6 Å². The van der Waals surface area contributed by atoms with E-state index in [9.17, 15) is 29.4 Å². The number of benzene rings is 2. The van der Waals surface area contributed by atoms with Gasteiger partial charge in [-0.3, -0.25) is 14.4 Å². The maximum atomic E-state index is 13.4. The van der Waals surface area contributed by atoms with Gasteiger partial charge >= 0.3 is 5.97 Å². The highest BCUT2D eigenvalue weighted by molar-refractivity contribution is 5.95. The summed E-state index contributed by atoms with van der Waals surface area (Å²) in [7, 11) is 0. The molecule has 0 saturated carbocycles. The largest absolute Gasteiger partial charge is 0.480 e. The second-order valence-electron chi connectivity index (χ2n) is 8.75. The first-order valence-electron chi connectivity index (χ1n) is 11.8. The summed E-state index contributed by atoms with van der Waals surface area (Å²) in [5.41, 5.74) is 7.99. The molecule has 11 nitrogen and oxygen atoms in total. The van der Waals surface area contributed by atoms with Gasteiger partial charge in [0.2, 0.25) is 17.7 Å².